The van der Waals surface area contributed by atoms with E-state index in [9.17, 15) is 4.79 Å². The normalized spacial score (nSPS) is 10.5. The number of amides is 1. The van der Waals surface area contributed by atoms with Gasteiger partial charge in [0.1, 0.15) is 0 Å². The van der Waals surface area contributed by atoms with Crippen LogP contribution in [0.15, 0.2) is 34.3 Å². The summed E-state index contributed by atoms with van der Waals surface area (Å²) in [6, 6.07) is 7.75. The summed E-state index contributed by atoms with van der Waals surface area (Å²) in [6.07, 6.45) is 1.08. The monoisotopic (exact) mass is 353 g/mol. The van der Waals surface area contributed by atoms with Gasteiger partial charge in [0, 0.05) is 4.90 Å². The van der Waals surface area contributed by atoms with Crippen LogP contribution in [0.2, 0.25) is 0 Å². The molecular weight excluding hydrogens is 334 g/mol. The van der Waals surface area contributed by atoms with Gasteiger partial charge in [-0.2, -0.15) is 0 Å². The van der Waals surface area contributed by atoms with Gasteiger partial charge in [-0.15, -0.1) is 22.0 Å². The van der Waals surface area contributed by atoms with Gasteiger partial charge in [-0.05, 0) is 24.3 Å². The van der Waals surface area contributed by atoms with Crippen LogP contribution in [-0.2, 0) is 4.79 Å². The van der Waals surface area contributed by atoms with Crippen molar-refractivity contribution < 1.29 is 4.79 Å². The average Bonchev–Trinajstić information content (AvgIpc) is 2.92. The second-order valence-corrected chi connectivity index (χ2v) is 6.58. The Bertz CT molecular complexity index is 662. The molecule has 23 heavy (non-hydrogen) atoms. The number of hydrogen-bond donors (Lipinski definition) is 4. The Balaban J connectivity index is 1.93. The molecule has 0 radical (unpaired) electrons. The van der Waals surface area contributed by atoms with Crippen molar-refractivity contribution in [1.29, 1.82) is 0 Å². The van der Waals surface area contributed by atoms with E-state index in [4.69, 9.17) is 11.7 Å². The molecule has 1 heterocycles. The number of carbonyl (C=O) groups is 1. The minimum Gasteiger partial charge on any atom is -0.334 e. The molecular formula is C13H19N7OS2. The number of para-hydroxylation sites is 1. The summed E-state index contributed by atoms with van der Waals surface area (Å²) in [7, 11) is 0. The third-order valence-corrected chi connectivity index (χ3v) is 4.97. The summed E-state index contributed by atoms with van der Waals surface area (Å²) in [4.78, 5) is 13.2. The average molecular weight is 353 g/mol. The molecule has 0 unspecified atom stereocenters. The number of hydrogen-bond acceptors (Lipinski definition) is 8. The number of nitrogens with two attached hydrogens (primary N) is 2. The van der Waals surface area contributed by atoms with Crippen LogP contribution in [0.5, 0.6) is 0 Å². The van der Waals surface area contributed by atoms with Gasteiger partial charge in [0.15, 0.2) is 0 Å². The molecule has 1 aromatic carbocycles. The summed E-state index contributed by atoms with van der Waals surface area (Å²) < 4.78 is 1.20. The topological polar surface area (TPSA) is 124 Å². The van der Waals surface area contributed by atoms with Gasteiger partial charge in [0.05, 0.1) is 11.4 Å². The van der Waals surface area contributed by atoms with Gasteiger partial charge in [0.2, 0.25) is 11.1 Å². The van der Waals surface area contributed by atoms with Crippen molar-refractivity contribution in [2.75, 3.05) is 28.1 Å². The quantitative estimate of drug-likeness (QED) is 0.320. The van der Waals surface area contributed by atoms with Gasteiger partial charge in [-0.3, -0.25) is 10.2 Å². The maximum atomic E-state index is 12.1. The van der Waals surface area contributed by atoms with Crippen LogP contribution < -0.4 is 22.4 Å². The Morgan fingerprint density at radius 2 is 2.09 bits per heavy atom. The van der Waals surface area contributed by atoms with Crippen molar-refractivity contribution in [2.45, 2.75) is 23.4 Å². The largest absolute Gasteiger partial charge is 0.334 e. The highest BCUT2D eigenvalue weighted by Gasteiger charge is 2.12. The Kier molecular flexibility index (Phi) is 6.56. The molecule has 8 nitrogen and oxygen atoms in total. The number of benzene rings is 1. The lowest BCUT2D eigenvalue weighted by Crippen LogP contribution is -2.19. The number of hydrazine groups is 1. The maximum absolute atomic E-state index is 12.1. The van der Waals surface area contributed by atoms with E-state index in [1.54, 1.807) is 11.8 Å². The van der Waals surface area contributed by atoms with E-state index in [1.807, 2.05) is 24.3 Å². The van der Waals surface area contributed by atoms with Crippen LogP contribution in [0.1, 0.15) is 13.3 Å². The van der Waals surface area contributed by atoms with Crippen molar-refractivity contribution in [3.8, 4) is 0 Å². The molecule has 6 N–H and O–H groups in total. The maximum Gasteiger partial charge on any atom is 0.258 e. The molecule has 0 saturated heterocycles. The number of thioether (sulfide) groups is 2. The minimum atomic E-state index is -0.134. The van der Waals surface area contributed by atoms with E-state index >= 15 is 0 Å². The summed E-state index contributed by atoms with van der Waals surface area (Å²) in [6.45, 7) is 2.12. The molecule has 1 aromatic heterocycles. The Morgan fingerprint density at radius 3 is 2.78 bits per heavy atom. The molecule has 0 aliphatic carbocycles. The fourth-order valence-electron chi connectivity index (χ4n) is 1.70. The van der Waals surface area contributed by atoms with Crippen LogP contribution in [0.25, 0.3) is 0 Å². The molecule has 0 fully saturated rings. The predicted molar refractivity (Wildman–Crippen MR) is 94.8 cm³/mol. The smallest absolute Gasteiger partial charge is 0.258 e. The molecule has 10 heteroatoms. The van der Waals surface area contributed by atoms with E-state index in [0.717, 1.165) is 22.8 Å². The fourth-order valence-corrected chi connectivity index (χ4v) is 3.23. The number of nitrogen functional groups attached to an aromatic ring is 2. The third kappa shape index (κ3) is 4.78. The minimum absolute atomic E-state index is 0.134. The molecule has 1 amide bonds. The summed E-state index contributed by atoms with van der Waals surface area (Å²) in [5.41, 5.74) is 3.13. The molecule has 0 saturated carbocycles. The van der Waals surface area contributed by atoms with E-state index in [1.165, 1.54) is 16.4 Å². The fraction of sp³-hybridized carbons (Fsp3) is 0.308. The zero-order valence-corrected chi connectivity index (χ0v) is 14.3. The van der Waals surface area contributed by atoms with Gasteiger partial charge in [-0.1, -0.05) is 30.8 Å². The zero-order chi connectivity index (χ0) is 16.7. The van der Waals surface area contributed by atoms with Crippen LogP contribution in [0.3, 0.4) is 0 Å². The first-order valence-corrected chi connectivity index (χ1v) is 8.94. The molecule has 0 spiro atoms. The van der Waals surface area contributed by atoms with Crippen LogP contribution in [-0.4, -0.2) is 32.3 Å². The SMILES string of the molecule is CCCSc1ccccc1NC(=O)CSc1nnc(NN)n1N. The zero-order valence-electron chi connectivity index (χ0n) is 12.7. The number of anilines is 2. The van der Waals surface area contributed by atoms with Crippen molar-refractivity contribution in [1.82, 2.24) is 14.9 Å². The first kappa shape index (κ1) is 17.4. The molecule has 0 bridgehead atoms. The number of aromatic nitrogens is 3. The third-order valence-electron chi connectivity index (χ3n) is 2.75. The van der Waals surface area contributed by atoms with Gasteiger partial charge < -0.3 is 11.2 Å². The van der Waals surface area contributed by atoms with Gasteiger partial charge in [-0.25, -0.2) is 10.5 Å². The van der Waals surface area contributed by atoms with E-state index < -0.39 is 0 Å². The Hall–Kier alpha value is -1.91. The lowest BCUT2D eigenvalue weighted by atomic mass is 10.3. The standard InChI is InChI=1S/C13H19N7OS2/c1-2-7-22-10-6-4-3-5-9(10)16-11(21)8-23-13-19-18-12(17-14)20(13)15/h3-6H,2,7-8,14-15H2,1H3,(H,16,21)(H,17,18). The highest BCUT2D eigenvalue weighted by atomic mass is 32.2. The first-order valence-electron chi connectivity index (χ1n) is 6.97. The Morgan fingerprint density at radius 1 is 1.30 bits per heavy atom. The van der Waals surface area contributed by atoms with Gasteiger partial charge >= 0.3 is 0 Å². The van der Waals surface area contributed by atoms with Crippen molar-refractivity contribution >= 4 is 41.1 Å². The number of nitrogens with one attached hydrogen (secondary N) is 2. The lowest BCUT2D eigenvalue weighted by molar-refractivity contribution is -0.113. The second kappa shape index (κ2) is 8.65. The highest BCUT2D eigenvalue weighted by Crippen LogP contribution is 2.27. The summed E-state index contributed by atoms with van der Waals surface area (Å²) in [5.74, 6) is 12.2. The van der Waals surface area contributed by atoms with Crippen molar-refractivity contribution in [3.63, 3.8) is 0 Å². The molecule has 124 valence electrons. The number of nitrogens with zero attached hydrogens (tertiary/aromatic N) is 3. The van der Waals surface area contributed by atoms with Crippen LogP contribution in [0, 0.1) is 0 Å². The van der Waals surface area contributed by atoms with Crippen molar-refractivity contribution in [3.05, 3.63) is 24.3 Å². The molecule has 0 atom stereocenters. The first-order chi connectivity index (χ1) is 11.2. The van der Waals surface area contributed by atoms with E-state index in [0.29, 0.717) is 5.16 Å². The molecule has 2 aromatic rings. The van der Waals surface area contributed by atoms with E-state index in [2.05, 4.69) is 27.9 Å². The Labute approximate surface area is 142 Å². The molecule has 0 aliphatic heterocycles. The highest BCUT2D eigenvalue weighted by molar-refractivity contribution is 8.00. The van der Waals surface area contributed by atoms with Crippen molar-refractivity contribution in [2.24, 2.45) is 5.84 Å². The van der Waals surface area contributed by atoms with Crippen LogP contribution in [0.4, 0.5) is 11.6 Å². The lowest BCUT2D eigenvalue weighted by Gasteiger charge is -2.10. The number of carbonyl (C=O) groups excluding carboxylic acids is 1. The summed E-state index contributed by atoms with van der Waals surface area (Å²) >= 11 is 2.91. The predicted octanol–water partition coefficient (Wildman–Crippen LogP) is 1.51. The number of rotatable bonds is 8. The van der Waals surface area contributed by atoms with E-state index in [-0.39, 0.29) is 17.6 Å². The van der Waals surface area contributed by atoms with Crippen LogP contribution >= 0.6 is 23.5 Å². The summed E-state index contributed by atoms with van der Waals surface area (Å²) in [5, 5.41) is 10.9. The molecule has 2 rings (SSSR count). The molecule has 0 aliphatic rings. The van der Waals surface area contributed by atoms with Gasteiger partial charge in [0.25, 0.3) is 5.95 Å². The second-order valence-electron chi connectivity index (χ2n) is 4.50.